The number of hydrogen-bond donors (Lipinski definition) is 0. The van der Waals surface area contributed by atoms with Gasteiger partial charge in [-0.2, -0.15) is 4.31 Å². The maximum absolute atomic E-state index is 13.3. The van der Waals surface area contributed by atoms with Crippen LogP contribution in [0, 0.1) is 5.82 Å². The van der Waals surface area contributed by atoms with E-state index in [1.54, 1.807) is 6.20 Å². The lowest BCUT2D eigenvalue weighted by Gasteiger charge is -2.33. The zero-order valence-corrected chi connectivity index (χ0v) is 15.6. The minimum absolute atomic E-state index is 0.0154. The average molecular weight is 400 g/mol. The average Bonchev–Trinajstić information content (AvgIpc) is 3.37. The summed E-state index contributed by atoms with van der Waals surface area (Å²) in [5, 5.41) is -0.193. The molecule has 1 aliphatic carbocycles. The molecule has 1 saturated carbocycles. The Labute approximate surface area is 156 Å². The van der Waals surface area contributed by atoms with Gasteiger partial charge in [0.1, 0.15) is 11.6 Å². The van der Waals surface area contributed by atoms with E-state index in [0.717, 1.165) is 36.6 Å². The van der Waals surface area contributed by atoms with E-state index in [9.17, 15) is 12.8 Å². The van der Waals surface area contributed by atoms with Gasteiger partial charge < -0.3 is 4.42 Å². The van der Waals surface area contributed by atoms with E-state index in [0.29, 0.717) is 38.6 Å². The van der Waals surface area contributed by atoms with E-state index in [1.165, 1.54) is 10.4 Å². The number of sulfonamides is 1. The zero-order chi connectivity index (χ0) is 18.3. The summed E-state index contributed by atoms with van der Waals surface area (Å²) in [6.07, 6.45) is 4.05. The molecule has 26 heavy (non-hydrogen) atoms. The van der Waals surface area contributed by atoms with Crippen molar-refractivity contribution in [3.05, 3.63) is 46.9 Å². The van der Waals surface area contributed by atoms with Crippen LogP contribution in [-0.4, -0.2) is 48.8 Å². The molecule has 1 aliphatic heterocycles. The number of halogens is 2. The second kappa shape index (κ2) is 6.92. The van der Waals surface area contributed by atoms with Gasteiger partial charge in [-0.15, -0.1) is 0 Å². The van der Waals surface area contributed by atoms with Crippen LogP contribution in [0.1, 0.15) is 30.4 Å². The number of aromatic nitrogens is 1. The molecule has 2 heterocycles. The van der Waals surface area contributed by atoms with E-state index in [-0.39, 0.29) is 9.92 Å². The summed E-state index contributed by atoms with van der Waals surface area (Å²) in [5.41, 5.74) is 0. The molecule has 0 spiro atoms. The minimum atomic E-state index is -3.68. The topological polar surface area (TPSA) is 66.7 Å². The molecule has 9 heteroatoms. The normalized spacial score (nSPS) is 19.8. The number of benzene rings is 1. The Morgan fingerprint density at radius 3 is 2.62 bits per heavy atom. The first kappa shape index (κ1) is 17.9. The molecule has 1 aromatic carbocycles. The molecule has 4 rings (SSSR count). The van der Waals surface area contributed by atoms with Crippen LogP contribution in [0.5, 0.6) is 0 Å². The second-order valence-corrected chi connectivity index (χ2v) is 9.04. The number of oxazole rings is 1. The smallest absolute Gasteiger partial charge is 0.243 e. The third-order valence-corrected chi connectivity index (χ3v) is 6.92. The SMILES string of the molecule is O=S(=O)(c1ccc(F)c(Cl)c1)N1CCN(Cc2cnc(C3CC3)o2)CC1. The standard InChI is InChI=1S/C17H19ClFN3O3S/c18-15-9-14(3-4-16(15)19)26(23,24)22-7-5-21(6-8-22)11-13-10-20-17(25-13)12-1-2-12/h3-4,9-10,12H,1-2,5-8,11H2. The highest BCUT2D eigenvalue weighted by atomic mass is 35.5. The van der Waals surface area contributed by atoms with Gasteiger partial charge in [0, 0.05) is 32.1 Å². The molecule has 1 saturated heterocycles. The molecule has 1 aromatic heterocycles. The Morgan fingerprint density at radius 2 is 1.96 bits per heavy atom. The van der Waals surface area contributed by atoms with Gasteiger partial charge >= 0.3 is 0 Å². The molecule has 0 radical (unpaired) electrons. The van der Waals surface area contributed by atoms with Crippen molar-refractivity contribution in [2.24, 2.45) is 0 Å². The first-order chi connectivity index (χ1) is 12.4. The molecule has 0 N–H and O–H groups in total. The lowest BCUT2D eigenvalue weighted by atomic mass is 10.3. The molecule has 2 aliphatic rings. The Kier molecular flexibility index (Phi) is 4.77. The van der Waals surface area contributed by atoms with E-state index in [2.05, 4.69) is 9.88 Å². The largest absolute Gasteiger partial charge is 0.444 e. The first-order valence-electron chi connectivity index (χ1n) is 8.55. The van der Waals surface area contributed by atoms with Crippen molar-refractivity contribution in [1.29, 1.82) is 0 Å². The number of piperazine rings is 1. The fourth-order valence-corrected chi connectivity index (χ4v) is 4.74. The number of hydrogen-bond acceptors (Lipinski definition) is 5. The Bertz CT molecular complexity index is 906. The van der Waals surface area contributed by atoms with Crippen LogP contribution in [0.2, 0.25) is 5.02 Å². The minimum Gasteiger partial charge on any atom is -0.444 e. The molecule has 2 aromatic rings. The molecule has 6 nitrogen and oxygen atoms in total. The van der Waals surface area contributed by atoms with Gasteiger partial charge in [0.15, 0.2) is 5.89 Å². The van der Waals surface area contributed by atoms with Crippen LogP contribution in [0.25, 0.3) is 0 Å². The summed E-state index contributed by atoms with van der Waals surface area (Å²) in [5.74, 6) is 1.48. The van der Waals surface area contributed by atoms with Crippen molar-refractivity contribution in [2.75, 3.05) is 26.2 Å². The molecule has 0 bridgehead atoms. The highest BCUT2D eigenvalue weighted by Crippen LogP contribution is 2.39. The highest BCUT2D eigenvalue weighted by Gasteiger charge is 2.31. The van der Waals surface area contributed by atoms with Crippen LogP contribution in [0.3, 0.4) is 0 Å². The molecule has 2 fully saturated rings. The molecule has 0 amide bonds. The summed E-state index contributed by atoms with van der Waals surface area (Å²) < 4.78 is 45.8. The third-order valence-electron chi connectivity index (χ3n) is 4.74. The van der Waals surface area contributed by atoms with Crippen molar-refractivity contribution in [3.8, 4) is 0 Å². The molecule has 140 valence electrons. The summed E-state index contributed by atoms with van der Waals surface area (Å²) in [6, 6.07) is 3.48. The van der Waals surface area contributed by atoms with Crippen LogP contribution in [0.4, 0.5) is 4.39 Å². The summed E-state index contributed by atoms with van der Waals surface area (Å²) in [4.78, 5) is 6.47. The second-order valence-electron chi connectivity index (χ2n) is 6.70. The molecular weight excluding hydrogens is 381 g/mol. The van der Waals surface area contributed by atoms with Crippen molar-refractivity contribution in [2.45, 2.75) is 30.2 Å². The summed E-state index contributed by atoms with van der Waals surface area (Å²) in [7, 11) is -3.68. The Morgan fingerprint density at radius 1 is 1.23 bits per heavy atom. The maximum Gasteiger partial charge on any atom is 0.243 e. The van der Waals surface area contributed by atoms with Crippen molar-refractivity contribution in [3.63, 3.8) is 0 Å². The van der Waals surface area contributed by atoms with Crippen molar-refractivity contribution < 1.29 is 17.2 Å². The van der Waals surface area contributed by atoms with Crippen LogP contribution >= 0.6 is 11.6 Å². The lowest BCUT2D eigenvalue weighted by Crippen LogP contribution is -2.48. The maximum atomic E-state index is 13.3. The quantitative estimate of drug-likeness (QED) is 0.773. The van der Waals surface area contributed by atoms with Gasteiger partial charge in [-0.25, -0.2) is 17.8 Å². The van der Waals surface area contributed by atoms with Gasteiger partial charge in [0.05, 0.1) is 22.7 Å². The van der Waals surface area contributed by atoms with Gasteiger partial charge in [0.25, 0.3) is 0 Å². The van der Waals surface area contributed by atoms with Crippen molar-refractivity contribution in [1.82, 2.24) is 14.2 Å². The highest BCUT2D eigenvalue weighted by molar-refractivity contribution is 7.89. The van der Waals surface area contributed by atoms with E-state index in [1.807, 2.05) is 0 Å². The third kappa shape index (κ3) is 3.64. The van der Waals surface area contributed by atoms with Crippen LogP contribution < -0.4 is 0 Å². The van der Waals surface area contributed by atoms with Gasteiger partial charge in [-0.3, -0.25) is 4.90 Å². The fourth-order valence-electron chi connectivity index (χ4n) is 3.05. The molecule has 0 unspecified atom stereocenters. The number of nitrogens with zero attached hydrogens (tertiary/aromatic N) is 3. The van der Waals surface area contributed by atoms with E-state index < -0.39 is 15.8 Å². The van der Waals surface area contributed by atoms with E-state index >= 15 is 0 Å². The van der Waals surface area contributed by atoms with Gasteiger partial charge in [-0.1, -0.05) is 11.6 Å². The summed E-state index contributed by atoms with van der Waals surface area (Å²) in [6.45, 7) is 2.53. The zero-order valence-electron chi connectivity index (χ0n) is 14.1. The molecule has 0 atom stereocenters. The molecular formula is C17H19ClFN3O3S. The van der Waals surface area contributed by atoms with Crippen molar-refractivity contribution >= 4 is 21.6 Å². The Balaban J connectivity index is 1.38. The lowest BCUT2D eigenvalue weighted by molar-refractivity contribution is 0.170. The predicted octanol–water partition coefficient (Wildman–Crippen LogP) is 2.85. The predicted molar refractivity (Wildman–Crippen MR) is 93.9 cm³/mol. The van der Waals surface area contributed by atoms with Crippen LogP contribution in [-0.2, 0) is 16.6 Å². The monoisotopic (exact) mass is 399 g/mol. The van der Waals surface area contributed by atoms with Crippen LogP contribution in [0.15, 0.2) is 33.7 Å². The van der Waals surface area contributed by atoms with Gasteiger partial charge in [-0.05, 0) is 31.0 Å². The van der Waals surface area contributed by atoms with Gasteiger partial charge in [0.2, 0.25) is 10.0 Å². The Hall–Kier alpha value is -1.48. The van der Waals surface area contributed by atoms with E-state index in [4.69, 9.17) is 16.0 Å². The fraction of sp³-hybridized carbons (Fsp3) is 0.471. The first-order valence-corrected chi connectivity index (χ1v) is 10.4. The number of rotatable bonds is 5. The summed E-state index contributed by atoms with van der Waals surface area (Å²) >= 11 is 5.72.